The van der Waals surface area contributed by atoms with Gasteiger partial charge in [-0.25, -0.2) is 4.98 Å². The van der Waals surface area contributed by atoms with Gasteiger partial charge < -0.3 is 15.2 Å². The van der Waals surface area contributed by atoms with Crippen molar-refractivity contribution in [3.63, 3.8) is 0 Å². The van der Waals surface area contributed by atoms with Gasteiger partial charge >= 0.3 is 0 Å². The van der Waals surface area contributed by atoms with Crippen LogP contribution >= 0.6 is 0 Å². The van der Waals surface area contributed by atoms with Crippen LogP contribution in [0.4, 0.5) is 0 Å². The van der Waals surface area contributed by atoms with E-state index < -0.39 is 0 Å². The number of aromatic amines is 1. The van der Waals surface area contributed by atoms with Crippen LogP contribution < -0.4 is 10.9 Å². The lowest BCUT2D eigenvalue weighted by Gasteiger charge is -2.21. The van der Waals surface area contributed by atoms with Crippen LogP contribution in [0.1, 0.15) is 28.5 Å². The van der Waals surface area contributed by atoms with Gasteiger partial charge in [0.1, 0.15) is 5.69 Å². The number of carbonyl (C=O) groups excluding carboxylic acids is 1. The maximum Gasteiger partial charge on any atom is 0.271 e. The first-order chi connectivity index (χ1) is 10.6. The number of amides is 1. The summed E-state index contributed by atoms with van der Waals surface area (Å²) in [5.74, 6) is -0.302. The number of nitrogens with one attached hydrogen (secondary N) is 2. The second kappa shape index (κ2) is 7.51. The summed E-state index contributed by atoms with van der Waals surface area (Å²) in [5, 5.41) is 2.97. The van der Waals surface area contributed by atoms with Crippen LogP contribution in [0.25, 0.3) is 0 Å². The Morgan fingerprint density at radius 3 is 2.64 bits per heavy atom. The molecule has 0 saturated heterocycles. The zero-order valence-corrected chi connectivity index (χ0v) is 12.7. The van der Waals surface area contributed by atoms with E-state index in [4.69, 9.17) is 0 Å². The molecule has 6 nitrogen and oxygen atoms in total. The van der Waals surface area contributed by atoms with E-state index in [9.17, 15) is 9.59 Å². The number of H-pyrrole nitrogens is 1. The van der Waals surface area contributed by atoms with Crippen LogP contribution in [0.2, 0.25) is 0 Å². The summed E-state index contributed by atoms with van der Waals surface area (Å²) in [6.45, 7) is 0.846. The number of hydrogen-bond acceptors (Lipinski definition) is 4. The molecule has 22 heavy (non-hydrogen) atoms. The minimum Gasteiger partial charge on any atom is -0.344 e. The zero-order valence-electron chi connectivity index (χ0n) is 12.7. The van der Waals surface area contributed by atoms with Gasteiger partial charge in [0.2, 0.25) is 0 Å². The molecular weight excluding hydrogens is 280 g/mol. The minimum absolute atomic E-state index is 0.107. The van der Waals surface area contributed by atoms with E-state index in [1.165, 1.54) is 6.20 Å². The molecule has 2 rings (SSSR count). The lowest BCUT2D eigenvalue weighted by Crippen LogP contribution is -2.32. The molecule has 1 atom stereocenters. The standard InChI is InChI=1S/C16H20N4O2/c1-20(2)9-8-13(12-6-4-3-5-7-12)19-16(22)14-10-18-15(21)11-17-14/h3-7,10-11,13H,8-9H2,1-2H3,(H,18,21)(H,19,22)/t13-/m1/s1. The highest BCUT2D eigenvalue weighted by Gasteiger charge is 2.16. The SMILES string of the molecule is CN(C)CC[C@@H](NC(=O)c1c[nH]c(=O)cn1)c1ccccc1. The summed E-state index contributed by atoms with van der Waals surface area (Å²) < 4.78 is 0. The lowest BCUT2D eigenvalue weighted by molar-refractivity contribution is 0.0927. The number of hydrogen-bond donors (Lipinski definition) is 2. The highest BCUT2D eigenvalue weighted by Crippen LogP contribution is 2.17. The summed E-state index contributed by atoms with van der Waals surface area (Å²) in [7, 11) is 3.99. The zero-order chi connectivity index (χ0) is 15.9. The van der Waals surface area contributed by atoms with Gasteiger partial charge in [-0.2, -0.15) is 0 Å². The average molecular weight is 300 g/mol. The third-order valence-corrected chi connectivity index (χ3v) is 3.28. The molecule has 0 radical (unpaired) electrons. The topological polar surface area (TPSA) is 78.1 Å². The Bertz CT molecular complexity index is 647. The van der Waals surface area contributed by atoms with Crippen molar-refractivity contribution in [2.45, 2.75) is 12.5 Å². The van der Waals surface area contributed by atoms with Crippen molar-refractivity contribution in [2.75, 3.05) is 20.6 Å². The third-order valence-electron chi connectivity index (χ3n) is 3.28. The first-order valence-corrected chi connectivity index (χ1v) is 7.11. The van der Waals surface area contributed by atoms with E-state index in [0.29, 0.717) is 0 Å². The monoisotopic (exact) mass is 300 g/mol. The van der Waals surface area contributed by atoms with Crippen LogP contribution in [0.15, 0.2) is 47.5 Å². The van der Waals surface area contributed by atoms with Crippen molar-refractivity contribution >= 4 is 5.91 Å². The predicted molar refractivity (Wildman–Crippen MR) is 84.7 cm³/mol. The van der Waals surface area contributed by atoms with Crippen LogP contribution in [-0.4, -0.2) is 41.4 Å². The number of benzene rings is 1. The number of carbonyl (C=O) groups is 1. The fourth-order valence-corrected chi connectivity index (χ4v) is 2.09. The maximum absolute atomic E-state index is 12.3. The van der Waals surface area contributed by atoms with Crippen LogP contribution in [-0.2, 0) is 0 Å². The lowest BCUT2D eigenvalue weighted by atomic mass is 10.0. The number of rotatable bonds is 6. The molecule has 6 heteroatoms. The van der Waals surface area contributed by atoms with Crippen molar-refractivity contribution in [3.05, 3.63) is 64.3 Å². The third kappa shape index (κ3) is 4.53. The Morgan fingerprint density at radius 2 is 2.05 bits per heavy atom. The number of aromatic nitrogens is 2. The van der Waals surface area contributed by atoms with E-state index in [2.05, 4.69) is 20.2 Å². The second-order valence-corrected chi connectivity index (χ2v) is 5.33. The van der Waals surface area contributed by atoms with Crippen molar-refractivity contribution in [3.8, 4) is 0 Å². The first kappa shape index (κ1) is 15.9. The highest BCUT2D eigenvalue weighted by atomic mass is 16.2. The van der Waals surface area contributed by atoms with Crippen molar-refractivity contribution in [1.29, 1.82) is 0 Å². The number of nitrogens with zero attached hydrogens (tertiary/aromatic N) is 2. The Morgan fingerprint density at radius 1 is 1.32 bits per heavy atom. The highest BCUT2D eigenvalue weighted by molar-refractivity contribution is 5.92. The Hall–Kier alpha value is -2.47. The van der Waals surface area contributed by atoms with Gasteiger partial charge in [0.05, 0.1) is 12.2 Å². The summed E-state index contributed by atoms with van der Waals surface area (Å²) in [6, 6.07) is 9.70. The summed E-state index contributed by atoms with van der Waals surface area (Å²) in [5.41, 5.74) is 0.913. The Kier molecular flexibility index (Phi) is 5.43. The Balaban J connectivity index is 2.13. The molecule has 0 fully saturated rings. The van der Waals surface area contributed by atoms with Gasteiger partial charge in [0, 0.05) is 6.20 Å². The molecule has 1 amide bonds. The molecule has 0 aliphatic heterocycles. The minimum atomic E-state index is -0.330. The molecule has 0 bridgehead atoms. The van der Waals surface area contributed by atoms with E-state index in [1.54, 1.807) is 0 Å². The molecule has 0 aliphatic rings. The molecule has 1 aromatic heterocycles. The van der Waals surface area contributed by atoms with E-state index >= 15 is 0 Å². The fourth-order valence-electron chi connectivity index (χ4n) is 2.09. The molecule has 2 N–H and O–H groups in total. The molecule has 116 valence electrons. The Labute approximate surface area is 129 Å². The van der Waals surface area contributed by atoms with Gasteiger partial charge in [0.25, 0.3) is 11.5 Å². The molecule has 0 unspecified atom stereocenters. The van der Waals surface area contributed by atoms with E-state index in [-0.39, 0.29) is 23.2 Å². The fraction of sp³-hybridized carbons (Fsp3) is 0.312. The van der Waals surface area contributed by atoms with Crippen LogP contribution in [0.3, 0.4) is 0 Å². The maximum atomic E-state index is 12.3. The molecule has 1 heterocycles. The summed E-state index contributed by atoms with van der Waals surface area (Å²) in [6.07, 6.45) is 3.21. The van der Waals surface area contributed by atoms with E-state index in [0.717, 1.165) is 24.7 Å². The van der Waals surface area contributed by atoms with Crippen molar-refractivity contribution < 1.29 is 4.79 Å². The van der Waals surface area contributed by atoms with Gasteiger partial charge in [-0.05, 0) is 32.6 Å². The van der Waals surface area contributed by atoms with Gasteiger partial charge in [-0.15, -0.1) is 0 Å². The molecule has 2 aromatic rings. The van der Waals surface area contributed by atoms with Crippen LogP contribution in [0, 0.1) is 0 Å². The summed E-state index contributed by atoms with van der Waals surface area (Å²) in [4.78, 5) is 31.7. The first-order valence-electron chi connectivity index (χ1n) is 7.11. The second-order valence-electron chi connectivity index (χ2n) is 5.33. The van der Waals surface area contributed by atoms with Crippen molar-refractivity contribution in [2.24, 2.45) is 0 Å². The average Bonchev–Trinajstić information content (AvgIpc) is 2.52. The predicted octanol–water partition coefficient (Wildman–Crippen LogP) is 1.19. The quantitative estimate of drug-likeness (QED) is 0.840. The molecule has 0 aliphatic carbocycles. The molecule has 0 saturated carbocycles. The largest absolute Gasteiger partial charge is 0.344 e. The molecular formula is C16H20N4O2. The van der Waals surface area contributed by atoms with Crippen molar-refractivity contribution in [1.82, 2.24) is 20.2 Å². The normalized spacial score (nSPS) is 12.1. The van der Waals surface area contributed by atoms with E-state index in [1.807, 2.05) is 44.4 Å². The van der Waals surface area contributed by atoms with Gasteiger partial charge in [-0.1, -0.05) is 30.3 Å². The van der Waals surface area contributed by atoms with Crippen LogP contribution in [0.5, 0.6) is 0 Å². The van der Waals surface area contributed by atoms with Gasteiger partial charge in [-0.3, -0.25) is 9.59 Å². The van der Waals surface area contributed by atoms with Gasteiger partial charge in [0.15, 0.2) is 0 Å². The molecule has 1 aromatic carbocycles. The molecule has 0 spiro atoms. The summed E-state index contributed by atoms with van der Waals surface area (Å²) >= 11 is 0. The smallest absolute Gasteiger partial charge is 0.271 e.